The molecule has 0 unspecified atom stereocenters. The van der Waals surface area contributed by atoms with Crippen LogP contribution in [0.5, 0.6) is 23.0 Å². The third-order valence-electron chi connectivity index (χ3n) is 5.32. The predicted molar refractivity (Wildman–Crippen MR) is 124 cm³/mol. The first-order chi connectivity index (χ1) is 16.6. The zero-order valence-electron chi connectivity index (χ0n) is 18.3. The van der Waals surface area contributed by atoms with E-state index in [1.165, 1.54) is 14.2 Å². The van der Waals surface area contributed by atoms with E-state index in [0.717, 1.165) is 0 Å². The molecule has 3 aromatic carbocycles. The highest BCUT2D eigenvalue weighted by molar-refractivity contribution is 6.17. The fourth-order valence-electron chi connectivity index (χ4n) is 3.74. The minimum atomic E-state index is -0.539. The van der Waals surface area contributed by atoms with Gasteiger partial charge < -0.3 is 34.0 Å². The first-order valence-electron chi connectivity index (χ1n) is 10.3. The van der Waals surface area contributed by atoms with Crippen molar-refractivity contribution in [1.82, 2.24) is 0 Å². The number of hydrogen-bond acceptors (Lipinski definition) is 7. The van der Waals surface area contributed by atoms with E-state index in [-0.39, 0.29) is 29.6 Å². The van der Waals surface area contributed by atoms with Crippen molar-refractivity contribution in [1.29, 1.82) is 0 Å². The molecule has 0 aliphatic carbocycles. The number of amides is 2. The number of rotatable bonds is 6. The van der Waals surface area contributed by atoms with Crippen molar-refractivity contribution in [3.05, 3.63) is 72.0 Å². The Bertz CT molecular complexity index is 1410. The monoisotopic (exact) mass is 460 g/mol. The number of nitrogens with one attached hydrogen (secondary N) is 2. The predicted octanol–water partition coefficient (Wildman–Crippen LogP) is 4.68. The van der Waals surface area contributed by atoms with Crippen molar-refractivity contribution in [3.63, 3.8) is 0 Å². The van der Waals surface area contributed by atoms with Gasteiger partial charge in [-0.2, -0.15) is 0 Å². The highest BCUT2D eigenvalue weighted by atomic mass is 16.7. The van der Waals surface area contributed by atoms with Crippen LogP contribution in [0, 0.1) is 0 Å². The molecule has 1 aliphatic heterocycles. The van der Waals surface area contributed by atoms with Crippen molar-refractivity contribution >= 4 is 34.2 Å². The second-order valence-corrected chi connectivity index (χ2v) is 7.32. The number of furan rings is 1. The molecule has 1 aromatic heterocycles. The van der Waals surface area contributed by atoms with Crippen molar-refractivity contribution in [3.8, 4) is 23.0 Å². The van der Waals surface area contributed by atoms with E-state index >= 15 is 0 Å². The van der Waals surface area contributed by atoms with Crippen LogP contribution in [0.1, 0.15) is 20.9 Å². The number of fused-ring (bicyclic) bond motifs is 2. The number of ether oxygens (including phenoxy) is 4. The number of carbonyl (C=O) groups is 2. The van der Waals surface area contributed by atoms with Gasteiger partial charge in [-0.3, -0.25) is 9.59 Å². The van der Waals surface area contributed by atoms with Crippen molar-refractivity contribution < 1.29 is 33.0 Å². The molecule has 0 saturated carbocycles. The highest BCUT2D eigenvalue weighted by Crippen LogP contribution is 2.36. The largest absolute Gasteiger partial charge is 0.493 e. The van der Waals surface area contributed by atoms with Crippen LogP contribution in [0.25, 0.3) is 11.0 Å². The molecule has 9 heteroatoms. The lowest BCUT2D eigenvalue weighted by Crippen LogP contribution is -2.18. The van der Waals surface area contributed by atoms with Crippen LogP contribution < -0.4 is 29.6 Å². The van der Waals surface area contributed by atoms with E-state index in [1.807, 2.05) is 0 Å². The van der Waals surface area contributed by atoms with Gasteiger partial charge in [-0.25, -0.2) is 0 Å². The van der Waals surface area contributed by atoms with Gasteiger partial charge in [-0.15, -0.1) is 0 Å². The number of para-hydroxylation sites is 2. The molecule has 5 rings (SSSR count). The van der Waals surface area contributed by atoms with Crippen molar-refractivity contribution in [2.24, 2.45) is 0 Å². The Hall–Kier alpha value is -4.66. The zero-order valence-corrected chi connectivity index (χ0v) is 18.3. The Morgan fingerprint density at radius 2 is 1.68 bits per heavy atom. The summed E-state index contributed by atoms with van der Waals surface area (Å²) in [5.41, 5.74) is 1.42. The summed E-state index contributed by atoms with van der Waals surface area (Å²) < 4.78 is 27.2. The van der Waals surface area contributed by atoms with E-state index in [1.54, 1.807) is 60.7 Å². The average molecular weight is 460 g/mol. The Labute approximate surface area is 194 Å². The normalized spacial score (nSPS) is 11.8. The van der Waals surface area contributed by atoms with Gasteiger partial charge in [0.25, 0.3) is 11.8 Å². The lowest BCUT2D eigenvalue weighted by Gasteiger charge is -2.13. The second kappa shape index (κ2) is 8.70. The number of anilines is 2. The Kier molecular flexibility index (Phi) is 5.43. The molecule has 1 aliphatic rings. The zero-order chi connectivity index (χ0) is 23.7. The molecule has 34 heavy (non-hydrogen) atoms. The molecular weight excluding hydrogens is 440 g/mol. The number of carbonyl (C=O) groups excluding carboxylic acids is 2. The van der Waals surface area contributed by atoms with Crippen LogP contribution in [-0.4, -0.2) is 32.8 Å². The van der Waals surface area contributed by atoms with Crippen LogP contribution in [0.3, 0.4) is 0 Å². The maximum Gasteiger partial charge on any atom is 0.293 e. The van der Waals surface area contributed by atoms with E-state index in [0.29, 0.717) is 33.9 Å². The van der Waals surface area contributed by atoms with Crippen LogP contribution in [0.2, 0.25) is 0 Å². The minimum Gasteiger partial charge on any atom is -0.493 e. The number of benzene rings is 3. The lowest BCUT2D eigenvalue weighted by molar-refractivity contribution is 0.0999. The Morgan fingerprint density at radius 1 is 0.853 bits per heavy atom. The van der Waals surface area contributed by atoms with Crippen LogP contribution in [0.15, 0.2) is 65.1 Å². The molecule has 4 aromatic rings. The molecule has 172 valence electrons. The average Bonchev–Trinajstić information content (AvgIpc) is 3.48. The van der Waals surface area contributed by atoms with Gasteiger partial charge in [-0.1, -0.05) is 18.2 Å². The third kappa shape index (κ3) is 3.73. The Morgan fingerprint density at radius 3 is 2.50 bits per heavy atom. The van der Waals surface area contributed by atoms with Crippen LogP contribution in [-0.2, 0) is 0 Å². The van der Waals surface area contributed by atoms with Gasteiger partial charge in [0.05, 0.1) is 19.8 Å². The summed E-state index contributed by atoms with van der Waals surface area (Å²) in [7, 11) is 2.94. The lowest BCUT2D eigenvalue weighted by atomic mass is 10.1. The molecule has 0 saturated heterocycles. The molecule has 0 atom stereocenters. The fourth-order valence-corrected chi connectivity index (χ4v) is 3.74. The SMILES string of the molecule is COc1cccc(C(=O)Nc2c(C(=O)Nc3ccc4c(c3)OCO4)oc3ccccc23)c1OC. The van der Waals surface area contributed by atoms with Crippen LogP contribution in [0.4, 0.5) is 11.4 Å². The summed E-state index contributed by atoms with van der Waals surface area (Å²) >= 11 is 0. The number of methoxy groups -OCH3 is 2. The third-order valence-corrected chi connectivity index (χ3v) is 5.32. The Balaban J connectivity index is 1.49. The van der Waals surface area contributed by atoms with Crippen molar-refractivity contribution in [2.75, 3.05) is 31.6 Å². The quantitative estimate of drug-likeness (QED) is 0.430. The molecule has 0 spiro atoms. The molecule has 0 radical (unpaired) electrons. The molecule has 9 nitrogen and oxygen atoms in total. The highest BCUT2D eigenvalue weighted by Gasteiger charge is 2.25. The summed E-state index contributed by atoms with van der Waals surface area (Å²) in [5.74, 6) is 0.745. The first-order valence-corrected chi connectivity index (χ1v) is 10.3. The van der Waals surface area contributed by atoms with Crippen molar-refractivity contribution in [2.45, 2.75) is 0 Å². The summed E-state index contributed by atoms with van der Waals surface area (Å²) in [6, 6.07) is 17.1. The fraction of sp³-hybridized carbons (Fsp3) is 0.120. The van der Waals surface area contributed by atoms with E-state index in [9.17, 15) is 9.59 Å². The maximum atomic E-state index is 13.2. The molecule has 2 N–H and O–H groups in total. The molecule has 2 amide bonds. The second-order valence-electron chi connectivity index (χ2n) is 7.32. The van der Waals surface area contributed by atoms with Gasteiger partial charge in [0.1, 0.15) is 11.3 Å². The van der Waals surface area contributed by atoms with Gasteiger partial charge >= 0.3 is 0 Å². The van der Waals surface area contributed by atoms with Gasteiger partial charge in [0.2, 0.25) is 12.6 Å². The number of hydrogen-bond donors (Lipinski definition) is 2. The maximum absolute atomic E-state index is 13.2. The minimum absolute atomic E-state index is 0.0471. The van der Waals surface area contributed by atoms with Gasteiger partial charge in [-0.05, 0) is 36.4 Å². The van der Waals surface area contributed by atoms with E-state index < -0.39 is 11.8 Å². The summed E-state index contributed by atoms with van der Waals surface area (Å²) in [5, 5.41) is 6.17. The van der Waals surface area contributed by atoms with E-state index in [4.69, 9.17) is 23.4 Å². The first kappa shape index (κ1) is 21.2. The van der Waals surface area contributed by atoms with E-state index in [2.05, 4.69) is 10.6 Å². The van der Waals surface area contributed by atoms with Gasteiger partial charge in [0, 0.05) is 17.1 Å². The summed E-state index contributed by atoms with van der Waals surface area (Å²) in [6.07, 6.45) is 0. The molecular formula is C25H20N2O7. The standard InChI is InChI=1S/C25H20N2O7/c1-30-19-9-5-7-16(22(19)31-2)24(28)27-21-15-6-3-4-8-17(15)34-23(21)25(29)26-14-10-11-18-20(12-14)33-13-32-18/h3-12H,13H2,1-2H3,(H,26,29)(H,27,28). The molecule has 0 fully saturated rings. The van der Waals surface area contributed by atoms with Crippen LogP contribution >= 0.6 is 0 Å². The topological polar surface area (TPSA) is 108 Å². The summed E-state index contributed by atoms with van der Waals surface area (Å²) in [4.78, 5) is 26.4. The van der Waals surface area contributed by atoms with Gasteiger partial charge in [0.15, 0.2) is 23.0 Å². The molecule has 0 bridgehead atoms. The summed E-state index contributed by atoms with van der Waals surface area (Å²) in [6.45, 7) is 0.125. The smallest absolute Gasteiger partial charge is 0.293 e. The molecule has 2 heterocycles.